The van der Waals surface area contributed by atoms with Crippen LogP contribution in [-0.2, 0) is 4.79 Å². The van der Waals surface area contributed by atoms with Crippen LogP contribution in [0.2, 0.25) is 0 Å². The Hall–Kier alpha value is -1.61. The van der Waals surface area contributed by atoms with E-state index in [9.17, 15) is 4.79 Å². The van der Waals surface area contributed by atoms with Crippen molar-refractivity contribution in [1.82, 2.24) is 5.32 Å². The molecule has 3 N–H and O–H groups in total. The van der Waals surface area contributed by atoms with Gasteiger partial charge in [0.1, 0.15) is 6.29 Å². The van der Waals surface area contributed by atoms with E-state index in [1.165, 1.54) is 5.57 Å². The maximum atomic E-state index is 11.0. The first-order valence-electron chi connectivity index (χ1n) is 6.77. The largest absolute Gasteiger partial charge is 0.389 e. The highest BCUT2D eigenvalue weighted by Gasteiger charge is 2.08. The summed E-state index contributed by atoms with van der Waals surface area (Å²) in [6, 6.07) is 0. The fraction of sp³-hybridized carbons (Fsp3) is 0.438. The molecule has 0 unspecified atom stereocenters. The molecule has 0 aliphatic heterocycles. The molecule has 0 aliphatic carbocycles. The van der Waals surface area contributed by atoms with E-state index in [4.69, 9.17) is 5.73 Å². The van der Waals surface area contributed by atoms with Gasteiger partial charge in [0.15, 0.2) is 0 Å². The minimum atomic E-state index is 0.480. The van der Waals surface area contributed by atoms with Gasteiger partial charge in [-0.2, -0.15) is 0 Å². The zero-order chi connectivity index (χ0) is 14.7. The van der Waals surface area contributed by atoms with Crippen molar-refractivity contribution in [2.45, 2.75) is 33.6 Å². The molecule has 0 bridgehead atoms. The van der Waals surface area contributed by atoms with E-state index in [0.29, 0.717) is 18.7 Å². The average Bonchev–Trinajstić information content (AvgIpc) is 2.44. The molecule has 0 rings (SSSR count). The molecule has 0 aliphatic rings. The molecule has 0 amide bonds. The summed E-state index contributed by atoms with van der Waals surface area (Å²) >= 11 is 0. The van der Waals surface area contributed by atoms with Crippen molar-refractivity contribution in [1.29, 1.82) is 0 Å². The summed E-state index contributed by atoms with van der Waals surface area (Å²) in [6.07, 6.45) is 8.66. The van der Waals surface area contributed by atoms with Gasteiger partial charge in [-0.1, -0.05) is 38.2 Å². The fourth-order valence-electron chi connectivity index (χ4n) is 1.55. The van der Waals surface area contributed by atoms with E-state index in [1.807, 2.05) is 6.20 Å². The monoisotopic (exact) mass is 262 g/mol. The molecule has 0 saturated carbocycles. The standard InChI is InChI=1S/C16H26N2O/c1-5-7-8-15(13(3)6-2)16(14(4)12-19)11-18-10-9-17/h7-8,11-12,18H,4-6,9-10,17H2,1-3H3/b8-7-,15-13-,16-11-. The molecule has 0 aromatic heterocycles. The quantitative estimate of drug-likeness (QED) is 0.291. The van der Waals surface area contributed by atoms with Crippen LogP contribution >= 0.6 is 0 Å². The lowest BCUT2D eigenvalue weighted by Crippen LogP contribution is -2.18. The van der Waals surface area contributed by atoms with Gasteiger partial charge < -0.3 is 11.1 Å². The van der Waals surface area contributed by atoms with Crippen molar-refractivity contribution < 1.29 is 4.79 Å². The van der Waals surface area contributed by atoms with Gasteiger partial charge in [0.2, 0.25) is 0 Å². The molecule has 0 radical (unpaired) electrons. The van der Waals surface area contributed by atoms with Gasteiger partial charge in [0.25, 0.3) is 0 Å². The summed E-state index contributed by atoms with van der Waals surface area (Å²) in [4.78, 5) is 11.0. The van der Waals surface area contributed by atoms with Crippen LogP contribution in [0, 0.1) is 0 Å². The van der Waals surface area contributed by atoms with Crippen molar-refractivity contribution in [3.05, 3.63) is 47.2 Å². The lowest BCUT2D eigenvalue weighted by atomic mass is 9.94. The van der Waals surface area contributed by atoms with E-state index in [-0.39, 0.29) is 0 Å². The number of nitrogens with two attached hydrogens (primary N) is 1. The minimum absolute atomic E-state index is 0.480. The van der Waals surface area contributed by atoms with E-state index in [2.05, 4.69) is 44.8 Å². The Morgan fingerprint density at radius 2 is 2.05 bits per heavy atom. The van der Waals surface area contributed by atoms with Crippen LogP contribution in [0.25, 0.3) is 0 Å². The number of carbonyl (C=O) groups is 1. The average molecular weight is 262 g/mol. The normalized spacial score (nSPS) is 13.4. The van der Waals surface area contributed by atoms with Crippen molar-refractivity contribution in [3.63, 3.8) is 0 Å². The van der Waals surface area contributed by atoms with E-state index in [1.54, 1.807) is 0 Å². The fourth-order valence-corrected chi connectivity index (χ4v) is 1.55. The molecule has 3 heteroatoms. The molecular formula is C16H26N2O. The summed E-state index contributed by atoms with van der Waals surface area (Å²) in [5.41, 5.74) is 9.07. The highest BCUT2D eigenvalue weighted by atomic mass is 16.1. The third kappa shape index (κ3) is 6.20. The smallest absolute Gasteiger partial charge is 0.150 e. The van der Waals surface area contributed by atoms with Gasteiger partial charge in [-0.3, -0.25) is 4.79 Å². The first kappa shape index (κ1) is 17.4. The Balaban J connectivity index is 5.49. The Morgan fingerprint density at radius 3 is 2.53 bits per heavy atom. The summed E-state index contributed by atoms with van der Waals surface area (Å²) in [5, 5.41) is 3.11. The number of nitrogens with one attached hydrogen (secondary N) is 1. The second-order valence-electron chi connectivity index (χ2n) is 4.30. The predicted octanol–water partition coefficient (Wildman–Crippen LogP) is 2.87. The van der Waals surface area contributed by atoms with Gasteiger partial charge in [0.05, 0.1) is 0 Å². The first-order valence-corrected chi connectivity index (χ1v) is 6.77. The number of hydrogen-bond acceptors (Lipinski definition) is 3. The molecule has 19 heavy (non-hydrogen) atoms. The zero-order valence-corrected chi connectivity index (χ0v) is 12.3. The van der Waals surface area contributed by atoms with Crippen molar-refractivity contribution in [2.75, 3.05) is 13.1 Å². The Kier molecular flexibility index (Phi) is 9.45. The molecule has 0 heterocycles. The highest BCUT2D eigenvalue weighted by molar-refractivity contribution is 5.82. The SMILES string of the molecule is C=C(C=O)C(=C/NCCN)/C(/C=C\CC)=C(/C)CC. The van der Waals surface area contributed by atoms with Gasteiger partial charge in [-0.05, 0) is 25.3 Å². The zero-order valence-electron chi connectivity index (χ0n) is 12.3. The van der Waals surface area contributed by atoms with E-state index in [0.717, 1.165) is 30.3 Å². The van der Waals surface area contributed by atoms with Crippen LogP contribution in [0.15, 0.2) is 47.2 Å². The van der Waals surface area contributed by atoms with Gasteiger partial charge in [-0.15, -0.1) is 0 Å². The lowest BCUT2D eigenvalue weighted by molar-refractivity contribution is -0.104. The second-order valence-corrected chi connectivity index (χ2v) is 4.30. The van der Waals surface area contributed by atoms with Crippen LogP contribution in [0.1, 0.15) is 33.6 Å². The summed E-state index contributed by atoms with van der Waals surface area (Å²) in [5.74, 6) is 0. The van der Waals surface area contributed by atoms with E-state index >= 15 is 0 Å². The van der Waals surface area contributed by atoms with Crippen molar-refractivity contribution in [2.24, 2.45) is 5.73 Å². The Bertz CT molecular complexity index is 390. The Labute approximate surface area is 117 Å². The highest BCUT2D eigenvalue weighted by Crippen LogP contribution is 2.23. The van der Waals surface area contributed by atoms with Crippen LogP contribution in [0.5, 0.6) is 0 Å². The number of allylic oxidation sites excluding steroid dienone is 6. The van der Waals surface area contributed by atoms with Gasteiger partial charge in [-0.25, -0.2) is 0 Å². The predicted molar refractivity (Wildman–Crippen MR) is 82.8 cm³/mol. The molecule has 106 valence electrons. The summed E-state index contributed by atoms with van der Waals surface area (Å²) in [6.45, 7) is 11.3. The third-order valence-electron chi connectivity index (χ3n) is 2.82. The molecule has 3 nitrogen and oxygen atoms in total. The topological polar surface area (TPSA) is 55.1 Å². The van der Waals surface area contributed by atoms with Crippen molar-refractivity contribution in [3.8, 4) is 0 Å². The van der Waals surface area contributed by atoms with Gasteiger partial charge in [0, 0.05) is 30.4 Å². The molecule has 0 saturated heterocycles. The number of hydrogen-bond donors (Lipinski definition) is 2. The minimum Gasteiger partial charge on any atom is -0.389 e. The van der Waals surface area contributed by atoms with Gasteiger partial charge >= 0.3 is 0 Å². The number of rotatable bonds is 9. The van der Waals surface area contributed by atoms with Crippen LogP contribution < -0.4 is 11.1 Å². The van der Waals surface area contributed by atoms with Crippen molar-refractivity contribution >= 4 is 6.29 Å². The third-order valence-corrected chi connectivity index (χ3v) is 2.82. The molecule has 0 atom stereocenters. The number of aldehydes is 1. The van der Waals surface area contributed by atoms with Crippen LogP contribution in [0.3, 0.4) is 0 Å². The second kappa shape index (κ2) is 10.3. The van der Waals surface area contributed by atoms with Crippen LogP contribution in [0.4, 0.5) is 0 Å². The summed E-state index contributed by atoms with van der Waals surface area (Å²) in [7, 11) is 0. The molecule has 0 aromatic rings. The first-order chi connectivity index (χ1) is 9.12. The Morgan fingerprint density at radius 1 is 1.37 bits per heavy atom. The van der Waals surface area contributed by atoms with E-state index < -0.39 is 0 Å². The number of carbonyl (C=O) groups excluding carboxylic acids is 1. The summed E-state index contributed by atoms with van der Waals surface area (Å²) < 4.78 is 0. The molecule has 0 fully saturated rings. The maximum absolute atomic E-state index is 11.0. The van der Waals surface area contributed by atoms with Crippen LogP contribution in [-0.4, -0.2) is 19.4 Å². The lowest BCUT2D eigenvalue weighted by Gasteiger charge is -2.12. The molecular weight excluding hydrogens is 236 g/mol. The molecule has 0 spiro atoms. The molecule has 0 aromatic carbocycles. The maximum Gasteiger partial charge on any atom is 0.150 e.